The maximum atomic E-state index is 10.8. The first-order valence-electron chi connectivity index (χ1n) is 9.74. The van der Waals surface area contributed by atoms with Gasteiger partial charge in [0.05, 0.1) is 5.56 Å². The molecule has 0 radical (unpaired) electrons. The molecule has 0 fully saturated rings. The number of nitrogens with one attached hydrogen (secondary N) is 1. The molecule has 0 aliphatic heterocycles. The van der Waals surface area contributed by atoms with Gasteiger partial charge >= 0.3 is 5.97 Å². The molecule has 2 N–H and O–H groups in total. The lowest BCUT2D eigenvalue weighted by molar-refractivity contribution is 0.0697. The Morgan fingerprint density at radius 2 is 1.54 bits per heavy atom. The average molecular weight is 334 g/mol. The van der Waals surface area contributed by atoms with Gasteiger partial charge in [-0.3, -0.25) is 0 Å². The Bertz CT molecular complexity index is 442. The van der Waals surface area contributed by atoms with Crippen molar-refractivity contribution in [1.29, 1.82) is 0 Å². The number of benzene rings is 1. The lowest BCUT2D eigenvalue weighted by Crippen LogP contribution is -2.13. The first kappa shape index (κ1) is 20.5. The highest BCUT2D eigenvalue weighted by atomic mass is 16.4. The molecule has 136 valence electrons. The third-order valence-corrected chi connectivity index (χ3v) is 4.77. The molecule has 0 heterocycles. The van der Waals surface area contributed by atoms with E-state index in [2.05, 4.69) is 19.2 Å². The van der Waals surface area contributed by atoms with Crippen LogP contribution in [-0.4, -0.2) is 17.6 Å². The Labute approximate surface area is 147 Å². The fourth-order valence-electron chi connectivity index (χ4n) is 3.01. The van der Waals surface area contributed by atoms with E-state index in [1.54, 1.807) is 12.1 Å². The average Bonchev–Trinajstić information content (AvgIpc) is 2.60. The van der Waals surface area contributed by atoms with Gasteiger partial charge in [0.2, 0.25) is 0 Å². The molecule has 0 saturated heterocycles. The Balaban J connectivity index is 2.14. The van der Waals surface area contributed by atoms with Crippen molar-refractivity contribution in [2.45, 2.75) is 78.1 Å². The number of carbonyl (C=O) groups is 1. The summed E-state index contributed by atoms with van der Waals surface area (Å²) in [5, 5.41) is 12.4. The summed E-state index contributed by atoms with van der Waals surface area (Å²) < 4.78 is 0. The summed E-state index contributed by atoms with van der Waals surface area (Å²) in [6.07, 6.45) is 13.4. The summed E-state index contributed by atoms with van der Waals surface area (Å²) in [7, 11) is 0. The minimum Gasteiger partial charge on any atom is -0.478 e. The molecular weight excluding hydrogens is 298 g/mol. The second-order valence-electron chi connectivity index (χ2n) is 6.80. The number of carboxylic acids is 1. The van der Waals surface area contributed by atoms with Crippen molar-refractivity contribution >= 4 is 11.7 Å². The SMILES string of the molecule is CCCCCCCCCCC(CC)CNc1ccc(C(=O)O)cc1. The van der Waals surface area contributed by atoms with Gasteiger partial charge in [-0.2, -0.15) is 0 Å². The second kappa shape index (κ2) is 12.9. The third-order valence-electron chi connectivity index (χ3n) is 4.77. The van der Waals surface area contributed by atoms with Gasteiger partial charge in [-0.05, 0) is 36.6 Å². The summed E-state index contributed by atoms with van der Waals surface area (Å²) in [5.74, 6) is -0.174. The standard InChI is InChI=1S/C21H35NO2/c1-3-5-6-7-8-9-10-11-12-18(4-2)17-22-20-15-13-19(14-16-20)21(23)24/h13-16,18,22H,3-12,17H2,1-2H3,(H,23,24). The summed E-state index contributed by atoms with van der Waals surface area (Å²) in [4.78, 5) is 10.8. The van der Waals surface area contributed by atoms with E-state index < -0.39 is 5.97 Å². The van der Waals surface area contributed by atoms with Crippen LogP contribution in [-0.2, 0) is 0 Å². The molecule has 3 nitrogen and oxygen atoms in total. The molecule has 0 aromatic heterocycles. The quantitative estimate of drug-likeness (QED) is 0.390. The highest BCUT2D eigenvalue weighted by molar-refractivity contribution is 5.87. The van der Waals surface area contributed by atoms with Crippen LogP contribution in [0.4, 0.5) is 5.69 Å². The zero-order valence-electron chi connectivity index (χ0n) is 15.5. The van der Waals surface area contributed by atoms with E-state index in [9.17, 15) is 4.79 Å². The molecular formula is C21H35NO2. The van der Waals surface area contributed by atoms with Gasteiger partial charge in [0.15, 0.2) is 0 Å². The van der Waals surface area contributed by atoms with Gasteiger partial charge in [-0.1, -0.05) is 71.6 Å². The summed E-state index contributed by atoms with van der Waals surface area (Å²) in [6.45, 7) is 5.49. The van der Waals surface area contributed by atoms with Crippen molar-refractivity contribution in [3.8, 4) is 0 Å². The van der Waals surface area contributed by atoms with Crippen molar-refractivity contribution in [3.63, 3.8) is 0 Å². The molecule has 0 spiro atoms. The lowest BCUT2D eigenvalue weighted by Gasteiger charge is -2.16. The number of rotatable bonds is 14. The van der Waals surface area contributed by atoms with Crippen LogP contribution in [0.2, 0.25) is 0 Å². The fourth-order valence-corrected chi connectivity index (χ4v) is 3.01. The molecule has 24 heavy (non-hydrogen) atoms. The lowest BCUT2D eigenvalue weighted by atomic mass is 9.97. The van der Waals surface area contributed by atoms with E-state index in [-0.39, 0.29) is 0 Å². The van der Waals surface area contributed by atoms with Gasteiger partial charge in [-0.25, -0.2) is 4.79 Å². The largest absolute Gasteiger partial charge is 0.478 e. The maximum Gasteiger partial charge on any atom is 0.335 e. The Hall–Kier alpha value is -1.51. The number of anilines is 1. The minimum atomic E-state index is -0.873. The predicted molar refractivity (Wildman–Crippen MR) is 103 cm³/mol. The predicted octanol–water partition coefficient (Wildman–Crippen LogP) is 6.35. The van der Waals surface area contributed by atoms with Crippen molar-refractivity contribution in [3.05, 3.63) is 29.8 Å². The molecule has 1 unspecified atom stereocenters. The van der Waals surface area contributed by atoms with Crippen LogP contribution < -0.4 is 5.32 Å². The molecule has 0 bridgehead atoms. The molecule has 1 rings (SSSR count). The van der Waals surface area contributed by atoms with Gasteiger partial charge in [0, 0.05) is 12.2 Å². The van der Waals surface area contributed by atoms with Crippen LogP contribution in [0.15, 0.2) is 24.3 Å². The van der Waals surface area contributed by atoms with Crippen LogP contribution in [0.25, 0.3) is 0 Å². The fraction of sp³-hybridized carbons (Fsp3) is 0.667. The van der Waals surface area contributed by atoms with Crippen molar-refractivity contribution in [2.75, 3.05) is 11.9 Å². The van der Waals surface area contributed by atoms with Crippen LogP contribution in [0.5, 0.6) is 0 Å². The summed E-state index contributed by atoms with van der Waals surface area (Å²) in [6, 6.07) is 7.02. The number of aromatic carboxylic acids is 1. The monoisotopic (exact) mass is 333 g/mol. The molecule has 3 heteroatoms. The Kier molecular flexibility index (Phi) is 11.0. The van der Waals surface area contributed by atoms with Gasteiger partial charge in [0.1, 0.15) is 0 Å². The van der Waals surface area contributed by atoms with E-state index in [0.29, 0.717) is 11.5 Å². The van der Waals surface area contributed by atoms with E-state index in [1.165, 1.54) is 64.2 Å². The van der Waals surface area contributed by atoms with Crippen molar-refractivity contribution in [1.82, 2.24) is 0 Å². The topological polar surface area (TPSA) is 49.3 Å². The normalized spacial score (nSPS) is 12.1. The van der Waals surface area contributed by atoms with Gasteiger partial charge in [0.25, 0.3) is 0 Å². The molecule has 0 aliphatic rings. The smallest absolute Gasteiger partial charge is 0.335 e. The molecule has 0 amide bonds. The van der Waals surface area contributed by atoms with Gasteiger partial charge < -0.3 is 10.4 Å². The second-order valence-corrected chi connectivity index (χ2v) is 6.80. The van der Waals surface area contributed by atoms with Crippen LogP contribution in [0, 0.1) is 5.92 Å². The van der Waals surface area contributed by atoms with Crippen LogP contribution in [0.3, 0.4) is 0 Å². The highest BCUT2D eigenvalue weighted by Gasteiger charge is 2.07. The zero-order chi connectivity index (χ0) is 17.6. The molecule has 1 aromatic carbocycles. The highest BCUT2D eigenvalue weighted by Crippen LogP contribution is 2.17. The first-order valence-corrected chi connectivity index (χ1v) is 9.74. The summed E-state index contributed by atoms with van der Waals surface area (Å²) >= 11 is 0. The Morgan fingerprint density at radius 3 is 2.08 bits per heavy atom. The van der Waals surface area contributed by atoms with E-state index >= 15 is 0 Å². The van der Waals surface area contributed by atoms with Gasteiger partial charge in [-0.15, -0.1) is 0 Å². The summed E-state index contributed by atoms with van der Waals surface area (Å²) in [5.41, 5.74) is 1.35. The molecule has 0 aliphatic carbocycles. The molecule has 1 aromatic rings. The molecule has 1 atom stereocenters. The van der Waals surface area contributed by atoms with Crippen molar-refractivity contribution < 1.29 is 9.90 Å². The zero-order valence-corrected chi connectivity index (χ0v) is 15.5. The minimum absolute atomic E-state index is 0.339. The van der Waals surface area contributed by atoms with Crippen molar-refractivity contribution in [2.24, 2.45) is 5.92 Å². The van der Waals surface area contributed by atoms with Crippen LogP contribution >= 0.6 is 0 Å². The van der Waals surface area contributed by atoms with E-state index in [1.807, 2.05) is 12.1 Å². The van der Waals surface area contributed by atoms with E-state index in [4.69, 9.17) is 5.11 Å². The number of carboxylic acid groups (broad SMARTS) is 1. The first-order chi connectivity index (χ1) is 11.7. The number of unbranched alkanes of at least 4 members (excludes halogenated alkanes) is 7. The maximum absolute atomic E-state index is 10.8. The molecule has 0 saturated carbocycles. The Morgan fingerprint density at radius 1 is 0.958 bits per heavy atom. The number of hydrogen-bond donors (Lipinski definition) is 2. The van der Waals surface area contributed by atoms with E-state index in [0.717, 1.165) is 12.2 Å². The number of hydrogen-bond acceptors (Lipinski definition) is 2. The van der Waals surface area contributed by atoms with Crippen LogP contribution in [0.1, 0.15) is 88.4 Å². The third kappa shape index (κ3) is 8.95.